The Balaban J connectivity index is 4.56. The monoisotopic (exact) mass is 180 g/mol. The lowest BCUT2D eigenvalue weighted by molar-refractivity contribution is 0.173. The molecule has 0 aliphatic rings. The quantitative estimate of drug-likeness (QED) is 0.481. The second-order valence-electron chi connectivity index (χ2n) is 1.03. The maximum Gasteiger partial charge on any atom is 0.441 e. The van der Waals surface area contributed by atoms with E-state index in [-0.39, 0.29) is 0 Å². The minimum Gasteiger partial charge on any atom is -0.325 e. The third kappa shape index (κ3) is 2.05. The van der Waals surface area contributed by atoms with E-state index in [1.54, 1.807) is 0 Å². The molecule has 0 aromatic heterocycles. The van der Waals surface area contributed by atoms with E-state index >= 15 is 0 Å². The first kappa shape index (κ1) is 9.08. The highest BCUT2D eigenvalue weighted by Crippen LogP contribution is 2.30. The van der Waals surface area contributed by atoms with Gasteiger partial charge in [0, 0.05) is 0 Å². The Hall–Kier alpha value is 0.0800. The first-order chi connectivity index (χ1) is 3.81. The van der Waals surface area contributed by atoms with Crippen LogP contribution in [0.25, 0.3) is 0 Å². The maximum atomic E-state index is 11.5. The second kappa shape index (κ2) is 2.37. The predicted molar refractivity (Wildman–Crippen MR) is 26.7 cm³/mol. The molecule has 0 rings (SSSR count). The summed E-state index contributed by atoms with van der Waals surface area (Å²) in [6, 6.07) is 0. The van der Waals surface area contributed by atoms with Crippen LogP contribution >= 0.6 is 12.0 Å². The second-order valence-corrected chi connectivity index (χ2v) is 3.45. The van der Waals surface area contributed by atoms with Crippen molar-refractivity contribution >= 4 is 22.2 Å². The summed E-state index contributed by atoms with van der Waals surface area (Å²) in [5.41, 5.74) is 0. The van der Waals surface area contributed by atoms with Crippen molar-refractivity contribution in [3.05, 3.63) is 0 Å². The molecule has 0 unspecified atom stereocenters. The van der Waals surface area contributed by atoms with Crippen molar-refractivity contribution in [2.24, 2.45) is 0 Å². The van der Waals surface area contributed by atoms with Gasteiger partial charge >= 0.3 is 14.7 Å². The lowest BCUT2D eigenvalue weighted by Gasteiger charge is -2.05. The van der Waals surface area contributed by atoms with Gasteiger partial charge in [-0.2, -0.15) is 17.2 Å². The van der Waals surface area contributed by atoms with E-state index in [9.17, 15) is 17.2 Å². The molecule has 4 nitrogen and oxygen atoms in total. The highest BCUT2D eigenvalue weighted by atomic mass is 32.3. The SMILES string of the molecule is O=S(=O)(O)C(F)(F)SO. The normalized spacial score (nSPS) is 13.8. The molecule has 0 aromatic carbocycles. The van der Waals surface area contributed by atoms with E-state index in [0.717, 1.165) is 0 Å². The molecule has 0 radical (unpaired) electrons. The molecule has 2 N–H and O–H groups in total. The molecule has 0 aromatic rings. The molecule has 0 aliphatic carbocycles. The molecule has 0 spiro atoms. The molecule has 0 saturated carbocycles. The number of halogens is 2. The van der Waals surface area contributed by atoms with Crippen LogP contribution in [0.2, 0.25) is 0 Å². The molecular formula is CH2F2O4S2. The van der Waals surface area contributed by atoms with Crippen molar-refractivity contribution in [2.75, 3.05) is 0 Å². The van der Waals surface area contributed by atoms with Crippen LogP contribution in [0.5, 0.6) is 0 Å². The van der Waals surface area contributed by atoms with Crippen LogP contribution in [0, 0.1) is 0 Å². The molecule has 0 heterocycles. The highest BCUT2D eigenvalue weighted by Gasteiger charge is 2.45. The van der Waals surface area contributed by atoms with E-state index in [2.05, 4.69) is 0 Å². The first-order valence-electron chi connectivity index (χ1n) is 1.48. The number of rotatable bonds is 2. The van der Waals surface area contributed by atoms with Gasteiger partial charge in [0.2, 0.25) is 0 Å². The summed E-state index contributed by atoms with van der Waals surface area (Å²) in [6.45, 7) is 0. The lowest BCUT2D eigenvalue weighted by atomic mass is 11.6. The minimum atomic E-state index is -5.47. The Bertz CT molecular complexity index is 183. The van der Waals surface area contributed by atoms with Gasteiger partial charge in [0.1, 0.15) is 0 Å². The Labute approximate surface area is 53.8 Å². The average molecular weight is 180 g/mol. The molecule has 0 fully saturated rings. The summed E-state index contributed by atoms with van der Waals surface area (Å²) in [5, 5.41) is 0. The van der Waals surface area contributed by atoms with Crippen molar-refractivity contribution in [3.8, 4) is 0 Å². The van der Waals surface area contributed by atoms with Crippen molar-refractivity contribution in [3.63, 3.8) is 0 Å². The molecule has 0 bridgehead atoms. The van der Waals surface area contributed by atoms with Crippen molar-refractivity contribution in [2.45, 2.75) is 4.59 Å². The van der Waals surface area contributed by atoms with Crippen molar-refractivity contribution in [1.82, 2.24) is 0 Å². The summed E-state index contributed by atoms with van der Waals surface area (Å²) in [5.74, 6) is 0. The van der Waals surface area contributed by atoms with E-state index in [0.29, 0.717) is 0 Å². The van der Waals surface area contributed by atoms with Gasteiger partial charge in [-0.15, -0.1) is 0 Å². The van der Waals surface area contributed by atoms with Crippen LogP contribution in [0.4, 0.5) is 8.78 Å². The highest BCUT2D eigenvalue weighted by molar-refractivity contribution is 8.09. The van der Waals surface area contributed by atoms with E-state index in [4.69, 9.17) is 9.11 Å². The van der Waals surface area contributed by atoms with Crippen LogP contribution in [0.1, 0.15) is 0 Å². The van der Waals surface area contributed by atoms with Crippen LogP contribution in [-0.2, 0) is 10.1 Å². The van der Waals surface area contributed by atoms with Crippen LogP contribution in [0.15, 0.2) is 0 Å². The van der Waals surface area contributed by atoms with Crippen LogP contribution in [0.3, 0.4) is 0 Å². The van der Waals surface area contributed by atoms with E-state index < -0.39 is 26.7 Å². The number of alkyl halides is 2. The Morgan fingerprint density at radius 3 is 1.78 bits per heavy atom. The van der Waals surface area contributed by atoms with Gasteiger partial charge in [0.15, 0.2) is 0 Å². The van der Waals surface area contributed by atoms with Gasteiger partial charge in [0.05, 0.1) is 12.0 Å². The van der Waals surface area contributed by atoms with E-state index in [1.165, 1.54) is 0 Å². The lowest BCUT2D eigenvalue weighted by Crippen LogP contribution is -2.23. The van der Waals surface area contributed by atoms with Gasteiger partial charge in [-0.3, -0.25) is 4.55 Å². The Morgan fingerprint density at radius 2 is 1.78 bits per heavy atom. The van der Waals surface area contributed by atoms with Crippen molar-refractivity contribution < 1.29 is 26.3 Å². The summed E-state index contributed by atoms with van der Waals surface area (Å²) < 4.78 is 52.7. The van der Waals surface area contributed by atoms with Gasteiger partial charge in [-0.1, -0.05) is 0 Å². The number of hydrogen-bond donors (Lipinski definition) is 2. The summed E-state index contributed by atoms with van der Waals surface area (Å²) in [6.07, 6.45) is 0. The van der Waals surface area contributed by atoms with E-state index in [1.807, 2.05) is 0 Å². The molecule has 56 valence electrons. The third-order valence-electron chi connectivity index (χ3n) is 0.407. The summed E-state index contributed by atoms with van der Waals surface area (Å²) >= 11 is -1.24. The van der Waals surface area contributed by atoms with Crippen LogP contribution in [-0.4, -0.2) is 22.1 Å². The Morgan fingerprint density at radius 1 is 1.44 bits per heavy atom. The Kier molecular flexibility index (Phi) is 2.39. The molecule has 0 saturated heterocycles. The molecule has 0 aliphatic heterocycles. The zero-order valence-corrected chi connectivity index (χ0v) is 5.42. The molecule has 0 atom stereocenters. The number of hydrogen-bond acceptors (Lipinski definition) is 4. The third-order valence-corrected chi connectivity index (χ3v) is 2.08. The molecule has 9 heavy (non-hydrogen) atoms. The van der Waals surface area contributed by atoms with Crippen LogP contribution < -0.4 is 0 Å². The fourth-order valence-electron chi connectivity index (χ4n) is 0.0471. The molecular weight excluding hydrogens is 178 g/mol. The zero-order valence-electron chi connectivity index (χ0n) is 3.78. The molecule has 0 amide bonds. The largest absolute Gasteiger partial charge is 0.441 e. The summed E-state index contributed by atoms with van der Waals surface area (Å²) in [7, 11) is -5.47. The van der Waals surface area contributed by atoms with Gasteiger partial charge in [-0.25, -0.2) is 0 Å². The van der Waals surface area contributed by atoms with Gasteiger partial charge < -0.3 is 4.55 Å². The maximum absolute atomic E-state index is 11.5. The smallest absolute Gasteiger partial charge is 0.325 e. The van der Waals surface area contributed by atoms with Gasteiger partial charge in [0.25, 0.3) is 0 Å². The first-order valence-corrected chi connectivity index (χ1v) is 3.70. The van der Waals surface area contributed by atoms with Gasteiger partial charge in [-0.05, 0) is 0 Å². The minimum absolute atomic E-state index is 1.24. The average Bonchev–Trinajstić information content (AvgIpc) is 1.64. The topological polar surface area (TPSA) is 74.6 Å². The summed E-state index contributed by atoms with van der Waals surface area (Å²) in [4.78, 5) is 0. The van der Waals surface area contributed by atoms with Crippen molar-refractivity contribution in [1.29, 1.82) is 0 Å². The fourth-order valence-corrected chi connectivity index (χ4v) is 0.424. The predicted octanol–water partition coefficient (Wildman–Crippen LogP) is 0.631. The standard InChI is InChI=1S/CH2F2O4S2/c2-1(3,8-4)9(5,6)7/h4H,(H,5,6,7). The fraction of sp³-hybridized carbons (Fsp3) is 1.00. The zero-order chi connectivity index (χ0) is 7.71. The molecule has 8 heteroatoms.